The van der Waals surface area contributed by atoms with Gasteiger partial charge in [-0.1, -0.05) is 0 Å². The maximum atomic E-state index is 12.6. The van der Waals surface area contributed by atoms with Crippen LogP contribution < -0.4 is 0 Å². The average Bonchev–Trinajstić information content (AvgIpc) is 2.16. The lowest BCUT2D eigenvalue weighted by atomic mass is 10.0. The third-order valence-corrected chi connectivity index (χ3v) is 1.87. The van der Waals surface area contributed by atoms with Crippen LogP contribution in [-0.4, -0.2) is 16.1 Å². The Labute approximate surface area is 83.8 Å². The zero-order valence-corrected chi connectivity index (χ0v) is 7.66. The van der Waals surface area contributed by atoms with E-state index in [9.17, 15) is 13.6 Å². The molecule has 0 saturated carbocycles. The van der Waals surface area contributed by atoms with Gasteiger partial charge in [-0.15, -0.1) is 0 Å². The van der Waals surface area contributed by atoms with Gasteiger partial charge in [0.1, 0.15) is 6.07 Å². The van der Waals surface area contributed by atoms with Gasteiger partial charge >= 0.3 is 5.97 Å². The Morgan fingerprint density at radius 3 is 2.67 bits per heavy atom. The molecule has 15 heavy (non-hydrogen) atoms. The van der Waals surface area contributed by atoms with Crippen molar-refractivity contribution in [1.29, 1.82) is 5.26 Å². The standard InChI is InChI=1S/C9H6F2N2O2/c1-4-6(8(10)11)7(9(14)15)5(2-12)3-13-4/h3,8H,1H3,(H,14,15). The maximum absolute atomic E-state index is 12.6. The monoisotopic (exact) mass is 212 g/mol. The van der Waals surface area contributed by atoms with E-state index in [1.165, 1.54) is 13.0 Å². The van der Waals surface area contributed by atoms with Crippen LogP contribution in [0.2, 0.25) is 0 Å². The summed E-state index contributed by atoms with van der Waals surface area (Å²) in [5.41, 5.74) is -1.80. The Morgan fingerprint density at radius 2 is 2.27 bits per heavy atom. The van der Waals surface area contributed by atoms with Crippen LogP contribution in [0.15, 0.2) is 6.20 Å². The van der Waals surface area contributed by atoms with Crippen LogP contribution in [0, 0.1) is 18.3 Å². The van der Waals surface area contributed by atoms with Crippen LogP contribution in [0.4, 0.5) is 8.78 Å². The lowest BCUT2D eigenvalue weighted by Crippen LogP contribution is -2.09. The van der Waals surface area contributed by atoms with Crippen molar-refractivity contribution in [2.24, 2.45) is 0 Å². The molecule has 0 aliphatic carbocycles. The first-order chi connectivity index (χ1) is 6.99. The topological polar surface area (TPSA) is 74.0 Å². The molecule has 1 aromatic heterocycles. The molecule has 4 nitrogen and oxygen atoms in total. The van der Waals surface area contributed by atoms with Crippen molar-refractivity contribution in [1.82, 2.24) is 4.98 Å². The van der Waals surface area contributed by atoms with Crippen molar-refractivity contribution in [3.8, 4) is 6.07 Å². The van der Waals surface area contributed by atoms with Crippen LogP contribution in [0.25, 0.3) is 0 Å². The van der Waals surface area contributed by atoms with Gasteiger partial charge in [-0.2, -0.15) is 5.26 Å². The Kier molecular flexibility index (Phi) is 2.95. The summed E-state index contributed by atoms with van der Waals surface area (Å²) in [5.74, 6) is -1.55. The van der Waals surface area contributed by atoms with Gasteiger partial charge in [0, 0.05) is 11.9 Å². The van der Waals surface area contributed by atoms with Crippen molar-refractivity contribution in [2.75, 3.05) is 0 Å². The van der Waals surface area contributed by atoms with Crippen molar-refractivity contribution >= 4 is 5.97 Å². The largest absolute Gasteiger partial charge is 0.478 e. The summed E-state index contributed by atoms with van der Waals surface area (Å²) in [5, 5.41) is 17.3. The lowest BCUT2D eigenvalue weighted by Gasteiger charge is -2.08. The number of nitriles is 1. The molecule has 0 aliphatic heterocycles. The smallest absolute Gasteiger partial charge is 0.337 e. The van der Waals surface area contributed by atoms with Gasteiger partial charge < -0.3 is 5.11 Å². The predicted octanol–water partition coefficient (Wildman–Crippen LogP) is 1.90. The Bertz CT molecular complexity index is 452. The highest BCUT2D eigenvalue weighted by Crippen LogP contribution is 2.27. The molecule has 0 unspecified atom stereocenters. The maximum Gasteiger partial charge on any atom is 0.337 e. The number of hydrogen-bond donors (Lipinski definition) is 1. The normalized spacial score (nSPS) is 10.1. The molecule has 1 N–H and O–H groups in total. The Morgan fingerprint density at radius 1 is 1.67 bits per heavy atom. The summed E-state index contributed by atoms with van der Waals surface area (Å²) in [4.78, 5) is 14.3. The zero-order valence-electron chi connectivity index (χ0n) is 7.66. The Balaban J connectivity index is 3.60. The SMILES string of the molecule is Cc1ncc(C#N)c(C(=O)O)c1C(F)F. The second-order valence-electron chi connectivity index (χ2n) is 2.76. The number of aromatic carboxylic acids is 1. The second kappa shape index (κ2) is 4.00. The summed E-state index contributed by atoms with van der Waals surface area (Å²) < 4.78 is 25.1. The fourth-order valence-electron chi connectivity index (χ4n) is 1.20. The van der Waals surface area contributed by atoms with Crippen LogP contribution in [-0.2, 0) is 0 Å². The third kappa shape index (κ3) is 1.91. The van der Waals surface area contributed by atoms with Crippen LogP contribution in [0.3, 0.4) is 0 Å². The van der Waals surface area contributed by atoms with Crippen molar-refractivity contribution in [2.45, 2.75) is 13.3 Å². The molecule has 0 saturated heterocycles. The number of carbonyl (C=O) groups is 1. The van der Waals surface area contributed by atoms with E-state index >= 15 is 0 Å². The first kappa shape index (κ1) is 11.0. The van der Waals surface area contributed by atoms with Crippen molar-refractivity contribution in [3.05, 3.63) is 28.6 Å². The molecule has 0 bridgehead atoms. The van der Waals surface area contributed by atoms with Gasteiger partial charge in [0.25, 0.3) is 6.43 Å². The molecule has 0 aliphatic rings. The lowest BCUT2D eigenvalue weighted by molar-refractivity contribution is 0.0683. The van der Waals surface area contributed by atoms with Crippen LogP contribution >= 0.6 is 0 Å². The zero-order chi connectivity index (χ0) is 11.6. The number of hydrogen-bond acceptors (Lipinski definition) is 3. The van der Waals surface area contributed by atoms with Gasteiger partial charge in [0.05, 0.1) is 16.7 Å². The summed E-state index contributed by atoms with van der Waals surface area (Å²) in [6.45, 7) is 1.27. The number of rotatable bonds is 2. The highest BCUT2D eigenvalue weighted by Gasteiger charge is 2.24. The van der Waals surface area contributed by atoms with Gasteiger partial charge in [-0.25, -0.2) is 13.6 Å². The summed E-state index contributed by atoms with van der Waals surface area (Å²) in [7, 11) is 0. The number of aryl methyl sites for hydroxylation is 1. The van der Waals surface area contributed by atoms with E-state index in [0.29, 0.717) is 0 Å². The highest BCUT2D eigenvalue weighted by molar-refractivity contribution is 5.92. The van der Waals surface area contributed by atoms with Crippen molar-refractivity contribution < 1.29 is 18.7 Å². The minimum Gasteiger partial charge on any atom is -0.478 e. The van der Waals surface area contributed by atoms with Crippen LogP contribution in [0.5, 0.6) is 0 Å². The quantitative estimate of drug-likeness (QED) is 0.812. The minimum absolute atomic E-state index is 0.0820. The van der Waals surface area contributed by atoms with Crippen molar-refractivity contribution in [3.63, 3.8) is 0 Å². The van der Waals surface area contributed by atoms with E-state index in [4.69, 9.17) is 10.4 Å². The summed E-state index contributed by atoms with van der Waals surface area (Å²) in [6, 6.07) is 1.52. The van der Waals surface area contributed by atoms with E-state index < -0.39 is 23.5 Å². The van der Waals surface area contributed by atoms with Gasteiger partial charge in [0.2, 0.25) is 0 Å². The molecular formula is C9H6F2N2O2. The number of halogens is 2. The van der Waals surface area contributed by atoms with Crippen LogP contribution in [0.1, 0.15) is 33.6 Å². The van der Waals surface area contributed by atoms with Gasteiger partial charge in [-0.3, -0.25) is 4.98 Å². The molecule has 0 spiro atoms. The number of alkyl halides is 2. The molecular weight excluding hydrogens is 206 g/mol. The molecule has 1 rings (SSSR count). The molecule has 0 fully saturated rings. The summed E-state index contributed by atoms with van der Waals surface area (Å²) in [6.07, 6.45) is -1.98. The highest BCUT2D eigenvalue weighted by atomic mass is 19.3. The Hall–Kier alpha value is -2.03. The molecule has 0 aromatic carbocycles. The molecule has 0 atom stereocenters. The second-order valence-corrected chi connectivity index (χ2v) is 2.76. The average molecular weight is 212 g/mol. The van der Waals surface area contributed by atoms with Gasteiger partial charge in [0.15, 0.2) is 0 Å². The number of aromatic nitrogens is 1. The van der Waals surface area contributed by atoms with E-state index in [1.807, 2.05) is 0 Å². The van der Waals surface area contributed by atoms with Gasteiger partial charge in [-0.05, 0) is 6.92 Å². The first-order valence-corrected chi connectivity index (χ1v) is 3.90. The van der Waals surface area contributed by atoms with E-state index in [-0.39, 0.29) is 11.3 Å². The molecule has 0 amide bonds. The first-order valence-electron chi connectivity index (χ1n) is 3.90. The van der Waals surface area contributed by atoms with E-state index in [2.05, 4.69) is 4.98 Å². The molecule has 0 radical (unpaired) electrons. The molecule has 1 aromatic rings. The molecule has 1 heterocycles. The minimum atomic E-state index is -2.96. The van der Waals surface area contributed by atoms with E-state index in [0.717, 1.165) is 6.20 Å². The number of carboxylic acid groups (broad SMARTS) is 1. The fraction of sp³-hybridized carbons (Fsp3) is 0.222. The third-order valence-electron chi connectivity index (χ3n) is 1.87. The number of pyridine rings is 1. The van der Waals surface area contributed by atoms with E-state index in [1.54, 1.807) is 0 Å². The fourth-order valence-corrected chi connectivity index (χ4v) is 1.20. The summed E-state index contributed by atoms with van der Waals surface area (Å²) >= 11 is 0. The molecule has 6 heteroatoms. The predicted molar refractivity (Wildman–Crippen MR) is 45.6 cm³/mol. The number of nitrogens with zero attached hydrogens (tertiary/aromatic N) is 2. The number of carboxylic acids is 1. The molecule has 78 valence electrons.